The predicted molar refractivity (Wildman–Crippen MR) is 112 cm³/mol. The number of hydrogen-bond acceptors (Lipinski definition) is 2. The molecule has 0 radical (unpaired) electrons. The summed E-state index contributed by atoms with van der Waals surface area (Å²) in [4.78, 5) is 13.6. The maximum Gasteiger partial charge on any atom is 0.257 e. The van der Waals surface area contributed by atoms with E-state index in [-0.39, 0.29) is 5.91 Å². The number of thioether (sulfide) groups is 1. The lowest BCUT2D eigenvalue weighted by Gasteiger charge is -2.12. The monoisotopic (exact) mass is 401 g/mol. The zero-order chi connectivity index (χ0) is 18.5. The molecule has 0 atom stereocenters. The van der Waals surface area contributed by atoms with Crippen molar-refractivity contribution in [3.63, 3.8) is 0 Å². The summed E-state index contributed by atoms with van der Waals surface area (Å²) in [5.41, 5.74) is 3.43. The van der Waals surface area contributed by atoms with Crippen molar-refractivity contribution in [3.8, 4) is 0 Å². The van der Waals surface area contributed by atoms with Gasteiger partial charge in [0, 0.05) is 15.7 Å². The molecule has 0 aliphatic carbocycles. The quantitative estimate of drug-likeness (QED) is 0.473. The van der Waals surface area contributed by atoms with E-state index in [9.17, 15) is 4.79 Å². The lowest BCUT2D eigenvalue weighted by atomic mass is 10.1. The Balaban J connectivity index is 1.74. The number of carbonyl (C=O) groups is 1. The van der Waals surface area contributed by atoms with E-state index in [4.69, 9.17) is 23.2 Å². The first-order valence-corrected chi connectivity index (χ1v) is 9.81. The third kappa shape index (κ3) is 4.82. The Kier molecular flexibility index (Phi) is 6.25. The Morgan fingerprint density at radius 3 is 2.46 bits per heavy atom. The van der Waals surface area contributed by atoms with E-state index < -0.39 is 0 Å². The molecule has 1 amide bonds. The maximum absolute atomic E-state index is 12.6. The topological polar surface area (TPSA) is 29.1 Å². The van der Waals surface area contributed by atoms with Gasteiger partial charge < -0.3 is 5.32 Å². The van der Waals surface area contributed by atoms with Crippen molar-refractivity contribution in [2.75, 3.05) is 5.32 Å². The van der Waals surface area contributed by atoms with Crippen LogP contribution in [-0.2, 0) is 5.75 Å². The molecular weight excluding hydrogens is 385 g/mol. The first-order chi connectivity index (χ1) is 12.5. The van der Waals surface area contributed by atoms with Crippen LogP contribution in [0.1, 0.15) is 21.5 Å². The number of nitrogens with one attached hydrogen (secondary N) is 1. The minimum Gasteiger partial charge on any atom is -0.321 e. The van der Waals surface area contributed by atoms with E-state index >= 15 is 0 Å². The molecule has 0 aliphatic heterocycles. The van der Waals surface area contributed by atoms with Gasteiger partial charge in [0.2, 0.25) is 0 Å². The summed E-state index contributed by atoms with van der Waals surface area (Å²) in [6.07, 6.45) is 0. The van der Waals surface area contributed by atoms with Crippen LogP contribution in [-0.4, -0.2) is 5.91 Å². The van der Waals surface area contributed by atoms with Gasteiger partial charge in [-0.1, -0.05) is 53.5 Å². The molecule has 0 saturated heterocycles. The van der Waals surface area contributed by atoms with Crippen LogP contribution in [0.2, 0.25) is 10.0 Å². The van der Waals surface area contributed by atoms with Crippen LogP contribution in [0.25, 0.3) is 0 Å². The summed E-state index contributed by atoms with van der Waals surface area (Å²) in [5, 5.41) is 4.14. The van der Waals surface area contributed by atoms with Gasteiger partial charge in [-0.3, -0.25) is 4.79 Å². The summed E-state index contributed by atoms with van der Waals surface area (Å²) in [5.74, 6) is 0.574. The number of anilines is 1. The first kappa shape index (κ1) is 18.8. The van der Waals surface area contributed by atoms with Gasteiger partial charge in [0.1, 0.15) is 0 Å². The van der Waals surface area contributed by atoms with E-state index in [1.165, 1.54) is 5.56 Å². The Morgan fingerprint density at radius 1 is 1.00 bits per heavy atom. The highest BCUT2D eigenvalue weighted by Gasteiger charge is 2.12. The van der Waals surface area contributed by atoms with Crippen molar-refractivity contribution in [2.24, 2.45) is 0 Å². The van der Waals surface area contributed by atoms with Crippen LogP contribution in [0.15, 0.2) is 71.6 Å². The van der Waals surface area contributed by atoms with Gasteiger partial charge in [0.05, 0.1) is 16.3 Å². The lowest BCUT2D eigenvalue weighted by molar-refractivity contribution is 0.102. The number of amides is 1. The normalized spacial score (nSPS) is 10.6. The van der Waals surface area contributed by atoms with Crippen LogP contribution >= 0.6 is 35.0 Å². The number of carbonyl (C=O) groups excluding carboxylic acids is 1. The van der Waals surface area contributed by atoms with Crippen LogP contribution in [0.4, 0.5) is 5.69 Å². The summed E-state index contributed by atoms with van der Waals surface area (Å²) in [7, 11) is 0. The van der Waals surface area contributed by atoms with E-state index in [0.717, 1.165) is 26.9 Å². The molecule has 0 heterocycles. The van der Waals surface area contributed by atoms with Gasteiger partial charge in [-0.15, -0.1) is 11.8 Å². The second kappa shape index (κ2) is 8.63. The summed E-state index contributed by atoms with van der Waals surface area (Å²) in [6, 6.07) is 20.9. The number of rotatable bonds is 5. The minimum atomic E-state index is -0.213. The molecule has 0 fully saturated rings. The second-order valence-corrected chi connectivity index (χ2v) is 7.71. The van der Waals surface area contributed by atoms with E-state index in [2.05, 4.69) is 5.32 Å². The molecule has 132 valence electrons. The molecule has 0 aromatic heterocycles. The second-order valence-electron chi connectivity index (χ2n) is 5.85. The standard InChI is InChI=1S/C21H17Cl2NOS/c1-14-6-11-17(18(23)12-14)21(25)24-19-4-2-3-5-20(19)26-13-15-7-9-16(22)10-8-15/h2-12H,13H2,1H3,(H,24,25). The van der Waals surface area contributed by atoms with Gasteiger partial charge >= 0.3 is 0 Å². The van der Waals surface area contributed by atoms with Gasteiger partial charge in [-0.05, 0) is 54.4 Å². The van der Waals surface area contributed by atoms with Crippen molar-refractivity contribution in [1.82, 2.24) is 0 Å². The van der Waals surface area contributed by atoms with Crippen LogP contribution in [0.3, 0.4) is 0 Å². The van der Waals surface area contributed by atoms with Crippen LogP contribution < -0.4 is 5.32 Å². The third-order valence-electron chi connectivity index (χ3n) is 3.81. The molecule has 0 saturated carbocycles. The number of benzene rings is 3. The summed E-state index contributed by atoms with van der Waals surface area (Å²) < 4.78 is 0. The molecule has 3 aromatic carbocycles. The highest BCUT2D eigenvalue weighted by molar-refractivity contribution is 7.98. The molecule has 0 unspecified atom stereocenters. The molecule has 5 heteroatoms. The number of hydrogen-bond donors (Lipinski definition) is 1. The average molecular weight is 402 g/mol. The smallest absolute Gasteiger partial charge is 0.257 e. The van der Waals surface area contributed by atoms with Crippen molar-refractivity contribution in [3.05, 3.63) is 93.5 Å². The van der Waals surface area contributed by atoms with Crippen LogP contribution in [0.5, 0.6) is 0 Å². The molecule has 0 spiro atoms. The summed E-state index contributed by atoms with van der Waals surface area (Å²) >= 11 is 13.8. The predicted octanol–water partition coefficient (Wildman–Crippen LogP) is 6.85. The largest absolute Gasteiger partial charge is 0.321 e. The Bertz CT molecular complexity index is 926. The van der Waals surface area contributed by atoms with Crippen molar-refractivity contribution in [2.45, 2.75) is 17.6 Å². The number of halogens is 2. The molecule has 1 N–H and O–H groups in total. The molecule has 26 heavy (non-hydrogen) atoms. The molecule has 0 bridgehead atoms. The molecule has 2 nitrogen and oxygen atoms in total. The number of para-hydroxylation sites is 1. The molecule has 3 rings (SSSR count). The fourth-order valence-electron chi connectivity index (χ4n) is 2.43. The molecule has 0 aliphatic rings. The minimum absolute atomic E-state index is 0.213. The van der Waals surface area contributed by atoms with E-state index in [1.54, 1.807) is 23.9 Å². The fraction of sp³-hybridized carbons (Fsp3) is 0.0952. The van der Waals surface area contributed by atoms with Crippen molar-refractivity contribution in [1.29, 1.82) is 0 Å². The van der Waals surface area contributed by atoms with Gasteiger partial charge in [-0.2, -0.15) is 0 Å². The van der Waals surface area contributed by atoms with Gasteiger partial charge in [-0.25, -0.2) is 0 Å². The molecular formula is C21H17Cl2NOS. The average Bonchev–Trinajstić information content (AvgIpc) is 2.62. The van der Waals surface area contributed by atoms with Gasteiger partial charge in [0.25, 0.3) is 5.91 Å². The fourth-order valence-corrected chi connectivity index (χ4v) is 3.84. The highest BCUT2D eigenvalue weighted by Crippen LogP contribution is 2.31. The first-order valence-electron chi connectivity index (χ1n) is 8.07. The Morgan fingerprint density at radius 2 is 1.73 bits per heavy atom. The van der Waals surface area contributed by atoms with E-state index in [0.29, 0.717) is 10.6 Å². The van der Waals surface area contributed by atoms with Crippen LogP contribution in [0, 0.1) is 6.92 Å². The zero-order valence-electron chi connectivity index (χ0n) is 14.1. The van der Waals surface area contributed by atoms with Crippen molar-refractivity contribution >= 4 is 46.6 Å². The third-order valence-corrected chi connectivity index (χ3v) is 5.52. The lowest BCUT2D eigenvalue weighted by Crippen LogP contribution is -2.13. The zero-order valence-corrected chi connectivity index (χ0v) is 16.5. The SMILES string of the molecule is Cc1ccc(C(=O)Nc2ccccc2SCc2ccc(Cl)cc2)c(Cl)c1. The Hall–Kier alpha value is -1.94. The van der Waals surface area contributed by atoms with Crippen molar-refractivity contribution < 1.29 is 4.79 Å². The van der Waals surface area contributed by atoms with Gasteiger partial charge in [0.15, 0.2) is 0 Å². The summed E-state index contributed by atoms with van der Waals surface area (Å²) in [6.45, 7) is 1.94. The maximum atomic E-state index is 12.6. The number of aryl methyl sites for hydroxylation is 1. The van der Waals surface area contributed by atoms with E-state index in [1.807, 2.05) is 61.5 Å². The Labute approximate surface area is 167 Å². The highest BCUT2D eigenvalue weighted by atomic mass is 35.5. The molecule has 3 aromatic rings.